The molecule has 55 heavy (non-hydrogen) atoms. The van der Waals surface area contributed by atoms with Crippen LogP contribution in [0, 0.1) is 0 Å². The summed E-state index contributed by atoms with van der Waals surface area (Å²) >= 11 is 0. The molecule has 10 aromatic rings. The Balaban J connectivity index is 1.12. The van der Waals surface area contributed by atoms with Gasteiger partial charge < -0.3 is 0 Å². The van der Waals surface area contributed by atoms with Gasteiger partial charge in [-0.05, 0) is 41.5 Å². The van der Waals surface area contributed by atoms with Gasteiger partial charge >= 0.3 is 0 Å². The summed E-state index contributed by atoms with van der Waals surface area (Å²) in [5.41, 5.74) is 10.7. The van der Waals surface area contributed by atoms with Crippen LogP contribution in [-0.2, 0) is 0 Å². The van der Waals surface area contributed by atoms with Gasteiger partial charge in [0.25, 0.3) is 0 Å². The Morgan fingerprint density at radius 3 is 1.29 bits per heavy atom. The highest BCUT2D eigenvalue weighted by atomic mass is 15.1. The summed E-state index contributed by atoms with van der Waals surface area (Å²) in [6.45, 7) is 0. The Kier molecular flexibility index (Phi) is 8.04. The fourth-order valence-corrected chi connectivity index (χ4v) is 7.24. The fourth-order valence-electron chi connectivity index (χ4n) is 7.24. The Hall–Kier alpha value is -7.57. The molecule has 0 aliphatic heterocycles. The molecule has 0 spiro atoms. The molecule has 0 bridgehead atoms. The molecule has 0 saturated heterocycles. The van der Waals surface area contributed by atoms with Gasteiger partial charge in [0.1, 0.15) is 5.65 Å². The topological polar surface area (TPSA) is 69.4 Å². The molecule has 6 nitrogen and oxygen atoms in total. The highest BCUT2D eigenvalue weighted by Crippen LogP contribution is 2.38. The standard InChI is InChI=1S/C49H32N6/c1-5-17-33(18-6-1)44-43-41-29-13-14-30-42(41)55(40-27-11-4-12-28-40)49(43)54-47(50-44)38-25-15-23-36(31-38)37-24-16-26-39(32-37)48-52-45(34-19-7-2-8-20-34)51-46(53-48)35-21-9-3-10-22-35/h1-32H. The maximum Gasteiger partial charge on any atom is 0.164 e. The van der Waals surface area contributed by atoms with Crippen molar-refractivity contribution in [3.05, 3.63) is 194 Å². The summed E-state index contributed by atoms with van der Waals surface area (Å²) in [6.07, 6.45) is 0. The van der Waals surface area contributed by atoms with Crippen LogP contribution in [0.15, 0.2) is 194 Å². The third-order valence-electron chi connectivity index (χ3n) is 9.85. The molecule has 0 amide bonds. The minimum absolute atomic E-state index is 0.612. The van der Waals surface area contributed by atoms with E-state index >= 15 is 0 Å². The summed E-state index contributed by atoms with van der Waals surface area (Å²) < 4.78 is 2.25. The Labute approximate surface area is 318 Å². The molecule has 0 saturated carbocycles. The Bertz CT molecular complexity index is 2900. The van der Waals surface area contributed by atoms with Crippen LogP contribution in [0.1, 0.15) is 0 Å². The van der Waals surface area contributed by atoms with Gasteiger partial charge in [0.05, 0.1) is 16.6 Å². The van der Waals surface area contributed by atoms with E-state index in [2.05, 4.69) is 126 Å². The van der Waals surface area contributed by atoms with Crippen LogP contribution in [0.5, 0.6) is 0 Å². The van der Waals surface area contributed by atoms with Gasteiger partial charge in [-0.2, -0.15) is 0 Å². The zero-order valence-corrected chi connectivity index (χ0v) is 29.7. The summed E-state index contributed by atoms with van der Waals surface area (Å²) in [7, 11) is 0. The summed E-state index contributed by atoms with van der Waals surface area (Å²) in [6, 6.07) is 66.2. The molecule has 6 heteroatoms. The van der Waals surface area contributed by atoms with Crippen molar-refractivity contribution in [1.29, 1.82) is 0 Å². The van der Waals surface area contributed by atoms with Gasteiger partial charge in [0.15, 0.2) is 23.3 Å². The van der Waals surface area contributed by atoms with Gasteiger partial charge in [-0.3, -0.25) is 4.57 Å². The van der Waals surface area contributed by atoms with Crippen molar-refractivity contribution < 1.29 is 0 Å². The lowest BCUT2D eigenvalue weighted by molar-refractivity contribution is 1.07. The molecule has 0 N–H and O–H groups in total. The fraction of sp³-hybridized carbons (Fsp3) is 0. The van der Waals surface area contributed by atoms with E-state index in [-0.39, 0.29) is 0 Å². The predicted octanol–water partition coefficient (Wildman–Crippen LogP) is 11.8. The quantitative estimate of drug-likeness (QED) is 0.165. The van der Waals surface area contributed by atoms with Crippen molar-refractivity contribution in [2.45, 2.75) is 0 Å². The summed E-state index contributed by atoms with van der Waals surface area (Å²) in [5.74, 6) is 2.53. The van der Waals surface area contributed by atoms with Crippen LogP contribution in [0.3, 0.4) is 0 Å². The Morgan fingerprint density at radius 1 is 0.309 bits per heavy atom. The van der Waals surface area contributed by atoms with E-state index in [1.54, 1.807) is 0 Å². The lowest BCUT2D eigenvalue weighted by atomic mass is 10.00. The first-order chi connectivity index (χ1) is 27.3. The highest BCUT2D eigenvalue weighted by Gasteiger charge is 2.21. The van der Waals surface area contributed by atoms with Crippen molar-refractivity contribution in [2.24, 2.45) is 0 Å². The van der Waals surface area contributed by atoms with Crippen molar-refractivity contribution in [3.8, 4) is 73.6 Å². The molecule has 0 aliphatic rings. The number of fused-ring (bicyclic) bond motifs is 3. The SMILES string of the molecule is c1ccc(-c2nc(-c3ccccc3)nc(-c3cccc(-c4cccc(-c5nc(-c6ccccc6)c6c7ccccc7n(-c7ccccc7)c6n5)c4)c3)n2)cc1. The maximum absolute atomic E-state index is 5.35. The van der Waals surface area contributed by atoms with Gasteiger partial charge in [0.2, 0.25) is 0 Å². The summed E-state index contributed by atoms with van der Waals surface area (Å²) in [5, 5.41) is 2.14. The van der Waals surface area contributed by atoms with Gasteiger partial charge in [-0.25, -0.2) is 24.9 Å². The molecule has 0 radical (unpaired) electrons. The van der Waals surface area contributed by atoms with Gasteiger partial charge in [0, 0.05) is 38.9 Å². The van der Waals surface area contributed by atoms with Gasteiger partial charge in [-0.1, -0.05) is 164 Å². The zero-order chi connectivity index (χ0) is 36.6. The van der Waals surface area contributed by atoms with Gasteiger partial charge in [-0.15, -0.1) is 0 Å². The number of nitrogens with zero attached hydrogens (tertiary/aromatic N) is 6. The molecule has 258 valence electrons. The normalized spacial score (nSPS) is 11.3. The number of aromatic nitrogens is 6. The lowest BCUT2D eigenvalue weighted by Crippen LogP contribution is -2.00. The number of hydrogen-bond acceptors (Lipinski definition) is 5. The van der Waals surface area contributed by atoms with Crippen molar-refractivity contribution in [2.75, 3.05) is 0 Å². The van der Waals surface area contributed by atoms with E-state index < -0.39 is 0 Å². The average molecular weight is 705 g/mol. The predicted molar refractivity (Wildman–Crippen MR) is 222 cm³/mol. The van der Waals surface area contributed by atoms with Crippen molar-refractivity contribution in [3.63, 3.8) is 0 Å². The molecule has 0 aliphatic carbocycles. The van der Waals surface area contributed by atoms with E-state index in [0.29, 0.717) is 23.3 Å². The molecule has 3 heterocycles. The summed E-state index contributed by atoms with van der Waals surface area (Å²) in [4.78, 5) is 25.5. The molecule has 10 rings (SSSR count). The highest BCUT2D eigenvalue weighted by molar-refractivity contribution is 6.14. The van der Waals surface area contributed by atoms with Crippen molar-refractivity contribution in [1.82, 2.24) is 29.5 Å². The zero-order valence-electron chi connectivity index (χ0n) is 29.7. The van der Waals surface area contributed by atoms with E-state index in [4.69, 9.17) is 24.9 Å². The second kappa shape index (κ2) is 13.8. The third kappa shape index (κ3) is 6.02. The third-order valence-corrected chi connectivity index (χ3v) is 9.85. The molecule has 0 unspecified atom stereocenters. The maximum atomic E-state index is 5.35. The molecule has 7 aromatic carbocycles. The second-order valence-electron chi connectivity index (χ2n) is 13.3. The van der Waals surface area contributed by atoms with Crippen LogP contribution in [0.25, 0.3) is 95.6 Å². The minimum atomic E-state index is 0.612. The Morgan fingerprint density at radius 2 is 0.727 bits per heavy atom. The average Bonchev–Trinajstić information content (AvgIpc) is 3.61. The van der Waals surface area contributed by atoms with E-state index in [9.17, 15) is 0 Å². The molecule has 0 fully saturated rings. The largest absolute Gasteiger partial charge is 0.294 e. The second-order valence-corrected chi connectivity index (χ2v) is 13.3. The van der Waals surface area contributed by atoms with E-state index in [0.717, 1.165) is 72.3 Å². The van der Waals surface area contributed by atoms with Crippen molar-refractivity contribution >= 4 is 21.9 Å². The first-order valence-electron chi connectivity index (χ1n) is 18.3. The van der Waals surface area contributed by atoms with E-state index in [1.807, 2.05) is 72.8 Å². The number of rotatable bonds is 7. The van der Waals surface area contributed by atoms with Crippen LogP contribution in [0.4, 0.5) is 0 Å². The van der Waals surface area contributed by atoms with Crippen LogP contribution in [0.2, 0.25) is 0 Å². The minimum Gasteiger partial charge on any atom is -0.294 e. The number of para-hydroxylation sites is 2. The molecule has 0 atom stereocenters. The molecular formula is C49H32N6. The first-order valence-corrected chi connectivity index (χ1v) is 18.3. The van der Waals surface area contributed by atoms with E-state index in [1.165, 1.54) is 0 Å². The lowest BCUT2D eigenvalue weighted by Gasteiger charge is -2.12. The first kappa shape index (κ1) is 32.1. The molecule has 3 aromatic heterocycles. The van der Waals surface area contributed by atoms with Crippen LogP contribution in [-0.4, -0.2) is 29.5 Å². The number of hydrogen-bond donors (Lipinski definition) is 0. The molecular weight excluding hydrogens is 673 g/mol. The monoisotopic (exact) mass is 704 g/mol. The number of benzene rings is 7. The van der Waals surface area contributed by atoms with Crippen LogP contribution < -0.4 is 0 Å². The smallest absolute Gasteiger partial charge is 0.164 e. The van der Waals surface area contributed by atoms with Crippen LogP contribution >= 0.6 is 0 Å².